The van der Waals surface area contributed by atoms with Crippen LogP contribution < -0.4 is 5.32 Å². The molecule has 1 aromatic heterocycles. The molecular formula is C18H17ClN2O2. The third-order valence-electron chi connectivity index (χ3n) is 3.50. The van der Waals surface area contributed by atoms with E-state index in [2.05, 4.69) is 10.3 Å². The van der Waals surface area contributed by atoms with Gasteiger partial charge in [0.05, 0.1) is 0 Å². The number of halogens is 1. The number of benzene rings is 2. The highest BCUT2D eigenvalue weighted by molar-refractivity contribution is 6.30. The Kier molecular flexibility index (Phi) is 4.35. The summed E-state index contributed by atoms with van der Waals surface area (Å²) in [6, 6.07) is 12.7. The van der Waals surface area contributed by atoms with Gasteiger partial charge in [-0.25, -0.2) is 4.98 Å². The van der Waals surface area contributed by atoms with E-state index in [0.717, 1.165) is 11.1 Å². The Balaban J connectivity index is 1.75. The van der Waals surface area contributed by atoms with Crippen molar-refractivity contribution in [3.63, 3.8) is 0 Å². The molecule has 2 aromatic carbocycles. The molecule has 0 radical (unpaired) electrons. The molecule has 0 aliphatic rings. The lowest BCUT2D eigenvalue weighted by molar-refractivity contribution is 0.0951. The van der Waals surface area contributed by atoms with Crippen molar-refractivity contribution >= 4 is 28.6 Å². The third kappa shape index (κ3) is 3.54. The number of nitrogens with zero attached hydrogens (tertiary/aromatic N) is 1. The van der Waals surface area contributed by atoms with Gasteiger partial charge in [-0.3, -0.25) is 4.79 Å². The van der Waals surface area contributed by atoms with Gasteiger partial charge >= 0.3 is 0 Å². The highest BCUT2D eigenvalue weighted by Crippen LogP contribution is 2.22. The fourth-order valence-corrected chi connectivity index (χ4v) is 2.47. The number of hydrogen-bond acceptors (Lipinski definition) is 3. The Bertz CT molecular complexity index is 855. The van der Waals surface area contributed by atoms with Crippen LogP contribution in [0.15, 0.2) is 46.9 Å². The molecule has 0 aliphatic heterocycles. The number of carbonyl (C=O) groups is 1. The van der Waals surface area contributed by atoms with Crippen LogP contribution >= 0.6 is 11.6 Å². The van der Waals surface area contributed by atoms with Crippen LogP contribution in [0.25, 0.3) is 11.1 Å². The van der Waals surface area contributed by atoms with E-state index in [-0.39, 0.29) is 11.8 Å². The minimum atomic E-state index is -0.158. The first-order valence-corrected chi connectivity index (χ1v) is 7.84. The van der Waals surface area contributed by atoms with Crippen LogP contribution in [0.3, 0.4) is 0 Å². The maximum atomic E-state index is 12.3. The van der Waals surface area contributed by atoms with Crippen molar-refractivity contribution in [1.29, 1.82) is 0 Å². The molecule has 4 nitrogen and oxygen atoms in total. The van der Waals surface area contributed by atoms with Crippen molar-refractivity contribution in [3.05, 3.63) is 64.5 Å². The molecule has 118 valence electrons. The van der Waals surface area contributed by atoms with E-state index in [0.29, 0.717) is 28.6 Å². The Morgan fingerprint density at radius 2 is 2.09 bits per heavy atom. The van der Waals surface area contributed by atoms with Crippen LogP contribution in [-0.2, 0) is 6.54 Å². The van der Waals surface area contributed by atoms with E-state index in [1.54, 1.807) is 24.3 Å². The van der Waals surface area contributed by atoms with Gasteiger partial charge in [-0.05, 0) is 35.9 Å². The fraction of sp³-hybridized carbons (Fsp3) is 0.222. The molecule has 0 saturated heterocycles. The van der Waals surface area contributed by atoms with Gasteiger partial charge in [0.2, 0.25) is 0 Å². The number of fused-ring (bicyclic) bond motifs is 1. The zero-order chi connectivity index (χ0) is 16.4. The van der Waals surface area contributed by atoms with E-state index in [9.17, 15) is 4.79 Å². The van der Waals surface area contributed by atoms with Crippen molar-refractivity contribution in [3.8, 4) is 0 Å². The summed E-state index contributed by atoms with van der Waals surface area (Å²) in [6.07, 6.45) is 0. The summed E-state index contributed by atoms with van der Waals surface area (Å²) < 4.78 is 5.69. The lowest BCUT2D eigenvalue weighted by Crippen LogP contribution is -2.22. The summed E-state index contributed by atoms with van der Waals surface area (Å²) in [4.78, 5) is 16.7. The fourth-order valence-electron chi connectivity index (χ4n) is 2.26. The van der Waals surface area contributed by atoms with Crippen LogP contribution in [0.5, 0.6) is 0 Å². The SMILES string of the molecule is CC(C)c1nc2ccc(C(=O)NCc3cccc(Cl)c3)cc2o1. The van der Waals surface area contributed by atoms with Gasteiger partial charge in [0.25, 0.3) is 5.91 Å². The zero-order valence-electron chi connectivity index (χ0n) is 13.0. The molecule has 5 heteroatoms. The summed E-state index contributed by atoms with van der Waals surface area (Å²) in [6.45, 7) is 4.46. The lowest BCUT2D eigenvalue weighted by atomic mass is 10.2. The highest BCUT2D eigenvalue weighted by atomic mass is 35.5. The zero-order valence-corrected chi connectivity index (χ0v) is 13.7. The summed E-state index contributed by atoms with van der Waals surface area (Å²) in [5, 5.41) is 3.53. The summed E-state index contributed by atoms with van der Waals surface area (Å²) in [7, 11) is 0. The number of aromatic nitrogens is 1. The molecule has 0 aliphatic carbocycles. The molecule has 0 unspecified atom stereocenters. The number of oxazole rings is 1. The Morgan fingerprint density at radius 1 is 1.26 bits per heavy atom. The molecule has 0 saturated carbocycles. The second kappa shape index (κ2) is 6.42. The predicted octanol–water partition coefficient (Wildman–Crippen LogP) is 4.53. The first-order valence-electron chi connectivity index (χ1n) is 7.46. The molecular weight excluding hydrogens is 312 g/mol. The topological polar surface area (TPSA) is 55.1 Å². The van der Waals surface area contributed by atoms with Crippen molar-refractivity contribution < 1.29 is 9.21 Å². The predicted molar refractivity (Wildman–Crippen MR) is 90.7 cm³/mol. The quantitative estimate of drug-likeness (QED) is 0.765. The van der Waals surface area contributed by atoms with Crippen LogP contribution in [0.1, 0.15) is 41.6 Å². The first kappa shape index (κ1) is 15.6. The van der Waals surface area contributed by atoms with Gasteiger partial charge in [0, 0.05) is 23.0 Å². The average molecular weight is 329 g/mol. The van der Waals surface area contributed by atoms with E-state index in [1.165, 1.54) is 0 Å². The third-order valence-corrected chi connectivity index (χ3v) is 3.74. The van der Waals surface area contributed by atoms with Crippen LogP contribution in [0, 0.1) is 0 Å². The van der Waals surface area contributed by atoms with Gasteiger partial charge in [0.15, 0.2) is 11.5 Å². The number of nitrogens with one attached hydrogen (secondary N) is 1. The summed E-state index contributed by atoms with van der Waals surface area (Å²) >= 11 is 5.94. The Labute approximate surface area is 139 Å². The molecule has 3 aromatic rings. The maximum Gasteiger partial charge on any atom is 0.251 e. The van der Waals surface area contributed by atoms with Gasteiger partial charge < -0.3 is 9.73 Å². The maximum absolute atomic E-state index is 12.3. The Hall–Kier alpha value is -2.33. The molecule has 0 bridgehead atoms. The summed E-state index contributed by atoms with van der Waals surface area (Å²) in [5.74, 6) is 0.730. The smallest absolute Gasteiger partial charge is 0.251 e. The molecule has 3 rings (SSSR count). The molecule has 0 spiro atoms. The van der Waals surface area contributed by atoms with Crippen LogP contribution in [0.4, 0.5) is 0 Å². The number of amides is 1. The van der Waals surface area contributed by atoms with Crippen molar-refractivity contribution in [1.82, 2.24) is 10.3 Å². The van der Waals surface area contributed by atoms with Gasteiger partial charge in [0.1, 0.15) is 5.52 Å². The first-order chi connectivity index (χ1) is 11.0. The molecule has 1 heterocycles. The molecule has 0 atom stereocenters. The van der Waals surface area contributed by atoms with Gasteiger partial charge in [-0.15, -0.1) is 0 Å². The Morgan fingerprint density at radius 3 is 2.83 bits per heavy atom. The number of hydrogen-bond donors (Lipinski definition) is 1. The van der Waals surface area contributed by atoms with Crippen LogP contribution in [-0.4, -0.2) is 10.9 Å². The average Bonchev–Trinajstić information content (AvgIpc) is 2.96. The standard InChI is InChI=1S/C18H17ClN2O2/c1-11(2)18-21-15-7-6-13(9-16(15)23-18)17(22)20-10-12-4-3-5-14(19)8-12/h3-9,11H,10H2,1-2H3,(H,20,22). The monoisotopic (exact) mass is 328 g/mol. The second-order valence-corrected chi connectivity index (χ2v) is 6.14. The molecule has 23 heavy (non-hydrogen) atoms. The largest absolute Gasteiger partial charge is 0.440 e. The minimum absolute atomic E-state index is 0.158. The van der Waals surface area contributed by atoms with Crippen molar-refractivity contribution in [2.75, 3.05) is 0 Å². The van der Waals surface area contributed by atoms with Crippen LogP contribution in [0.2, 0.25) is 5.02 Å². The molecule has 1 N–H and O–H groups in total. The van der Waals surface area contributed by atoms with E-state index >= 15 is 0 Å². The number of carbonyl (C=O) groups excluding carboxylic acids is 1. The van der Waals surface area contributed by atoms with E-state index in [4.69, 9.17) is 16.0 Å². The second-order valence-electron chi connectivity index (χ2n) is 5.70. The van der Waals surface area contributed by atoms with E-state index in [1.807, 2.05) is 32.0 Å². The summed E-state index contributed by atoms with van der Waals surface area (Å²) in [5.41, 5.74) is 2.89. The van der Waals surface area contributed by atoms with Gasteiger partial charge in [-0.1, -0.05) is 37.6 Å². The van der Waals surface area contributed by atoms with Gasteiger partial charge in [-0.2, -0.15) is 0 Å². The highest BCUT2D eigenvalue weighted by Gasteiger charge is 2.12. The van der Waals surface area contributed by atoms with E-state index < -0.39 is 0 Å². The van der Waals surface area contributed by atoms with Crippen molar-refractivity contribution in [2.45, 2.75) is 26.3 Å². The molecule has 0 fully saturated rings. The molecule has 1 amide bonds. The van der Waals surface area contributed by atoms with Crippen molar-refractivity contribution in [2.24, 2.45) is 0 Å². The number of rotatable bonds is 4. The minimum Gasteiger partial charge on any atom is -0.440 e. The normalized spacial score (nSPS) is 11.1. The lowest BCUT2D eigenvalue weighted by Gasteiger charge is -2.05.